The molecule has 0 amide bonds. The quantitative estimate of drug-likeness (QED) is 0.342. The Morgan fingerprint density at radius 1 is 0.364 bits per heavy atom. The maximum Gasteiger partial charge on any atom is 0.314 e. The van der Waals surface area contributed by atoms with Crippen LogP contribution < -0.4 is 28.7 Å². The zero-order valence-electron chi connectivity index (χ0n) is 17.5. The highest BCUT2D eigenvalue weighted by molar-refractivity contribution is 5.83. The lowest BCUT2D eigenvalue weighted by Crippen LogP contribution is -2.47. The average molecular weight is 432 g/mol. The van der Waals surface area contributed by atoms with Gasteiger partial charge >= 0.3 is 16.6 Å². The Labute approximate surface area is 188 Å². The minimum Gasteiger partial charge on any atom is -0.223 e. The summed E-state index contributed by atoms with van der Waals surface area (Å²) in [5.74, 6) is 1.98. The Kier molecular flexibility index (Phi) is 3.75. The van der Waals surface area contributed by atoms with Crippen LogP contribution in [0.15, 0.2) is 110 Å². The summed E-state index contributed by atoms with van der Waals surface area (Å²) < 4.78 is 5.22. The zero-order valence-corrected chi connectivity index (χ0v) is 17.5. The maximum absolute atomic E-state index is 6.45. The Hall–Kier alpha value is -4.71. The van der Waals surface area contributed by atoms with Gasteiger partial charge < -0.3 is 0 Å². The highest BCUT2D eigenvalue weighted by Crippen LogP contribution is 2.28. The first-order valence-electron chi connectivity index (χ1n) is 10.7. The Bertz CT molecular complexity index is 1400. The van der Waals surface area contributed by atoms with Gasteiger partial charge in [-0.3, -0.25) is 0 Å². The van der Waals surface area contributed by atoms with Gasteiger partial charge in [0.15, 0.2) is 0 Å². The molecule has 0 fully saturated rings. The molecule has 0 radical (unpaired) electrons. The molecule has 6 aromatic rings. The van der Waals surface area contributed by atoms with E-state index in [1.165, 1.54) is 0 Å². The van der Waals surface area contributed by atoms with Crippen molar-refractivity contribution in [3.63, 3.8) is 0 Å². The Morgan fingerprint density at radius 3 is 1.00 bits per heavy atom. The first-order chi connectivity index (χ1) is 16.3. The molecule has 6 heteroatoms. The van der Waals surface area contributed by atoms with E-state index in [0.29, 0.717) is 17.2 Å². The zero-order chi connectivity index (χ0) is 21.8. The molecule has 0 aliphatic carbocycles. The van der Waals surface area contributed by atoms with Crippen LogP contribution in [0.5, 0.6) is 17.2 Å². The van der Waals surface area contributed by atoms with Gasteiger partial charge in [-0.2, -0.15) is 0 Å². The van der Waals surface area contributed by atoms with Crippen LogP contribution in [0, 0.1) is 0 Å². The topological polar surface area (TPSA) is 39.3 Å². The first-order valence-corrected chi connectivity index (χ1v) is 10.7. The second kappa shape index (κ2) is 6.90. The second-order valence-corrected chi connectivity index (χ2v) is 7.86. The van der Waals surface area contributed by atoms with Crippen molar-refractivity contribution in [2.45, 2.75) is 0 Å². The number of pyridine rings is 3. The lowest BCUT2D eigenvalue weighted by molar-refractivity contribution is -0.877. The summed E-state index contributed by atoms with van der Waals surface area (Å²) >= 11 is 0. The van der Waals surface area contributed by atoms with Gasteiger partial charge in [0.05, 0.1) is 16.2 Å². The highest BCUT2D eigenvalue weighted by Gasteiger charge is 2.29. The van der Waals surface area contributed by atoms with Gasteiger partial charge in [-0.15, -0.1) is 0 Å². The smallest absolute Gasteiger partial charge is 0.223 e. The summed E-state index contributed by atoms with van der Waals surface area (Å²) in [6.45, 7) is 0. The van der Waals surface area contributed by atoms with Gasteiger partial charge in [0, 0.05) is 32.4 Å². The fourth-order valence-corrected chi connectivity index (χ4v) is 4.39. The molecule has 33 heavy (non-hydrogen) atoms. The SMILES string of the molecule is c1cc2c3c(c1)ccc[n+]3Oc1cccc3ccc[n+](c13)Oc1cccc3ccc[n+](c13)O2. The molecule has 0 spiro atoms. The van der Waals surface area contributed by atoms with Crippen LogP contribution >= 0.6 is 0 Å². The summed E-state index contributed by atoms with van der Waals surface area (Å²) in [5, 5.41) is 2.99. The summed E-state index contributed by atoms with van der Waals surface area (Å²) in [5.41, 5.74) is 2.47. The fraction of sp³-hybridized carbons (Fsp3) is 0. The lowest BCUT2D eigenvalue weighted by atomic mass is 10.2. The summed E-state index contributed by atoms with van der Waals surface area (Å²) in [7, 11) is 0. The van der Waals surface area contributed by atoms with E-state index in [1.54, 1.807) is 14.2 Å². The first kappa shape index (κ1) is 17.9. The number of nitrogens with zero attached hydrogens (tertiary/aromatic N) is 3. The summed E-state index contributed by atoms with van der Waals surface area (Å²) in [6, 6.07) is 29.8. The van der Waals surface area contributed by atoms with Crippen molar-refractivity contribution in [1.29, 1.82) is 0 Å². The molecule has 1 aliphatic heterocycles. The summed E-state index contributed by atoms with van der Waals surface area (Å²) in [6.07, 6.45) is 5.65. The van der Waals surface area contributed by atoms with Crippen molar-refractivity contribution >= 4 is 32.7 Å². The molecule has 0 unspecified atom stereocenters. The molecular weight excluding hydrogens is 414 g/mol. The van der Waals surface area contributed by atoms with Crippen molar-refractivity contribution < 1.29 is 28.7 Å². The van der Waals surface area contributed by atoms with Crippen molar-refractivity contribution in [2.24, 2.45) is 0 Å². The molecule has 7 rings (SSSR count). The third-order valence-electron chi connectivity index (χ3n) is 5.83. The molecule has 0 atom stereocenters. The molecule has 156 valence electrons. The number of hydrogen-bond donors (Lipinski definition) is 0. The molecule has 3 aromatic carbocycles. The van der Waals surface area contributed by atoms with Crippen LogP contribution in [0.25, 0.3) is 32.7 Å². The monoisotopic (exact) mass is 432 g/mol. The van der Waals surface area contributed by atoms with E-state index >= 15 is 0 Å². The van der Waals surface area contributed by atoms with Crippen molar-refractivity contribution in [3.8, 4) is 17.2 Å². The van der Waals surface area contributed by atoms with Crippen LogP contribution in [0.2, 0.25) is 0 Å². The third kappa shape index (κ3) is 2.78. The average Bonchev–Trinajstić information content (AvgIpc) is 2.84. The fourth-order valence-electron chi connectivity index (χ4n) is 4.39. The van der Waals surface area contributed by atoms with E-state index in [-0.39, 0.29) is 0 Å². The number of rotatable bonds is 0. The molecule has 3 aromatic heterocycles. The second-order valence-electron chi connectivity index (χ2n) is 7.86. The molecular formula is C27H18N3O3+3. The normalized spacial score (nSPS) is 12.4. The summed E-state index contributed by atoms with van der Waals surface area (Å²) in [4.78, 5) is 19.3. The predicted molar refractivity (Wildman–Crippen MR) is 121 cm³/mol. The van der Waals surface area contributed by atoms with Crippen LogP contribution in [-0.2, 0) is 0 Å². The van der Waals surface area contributed by atoms with Crippen molar-refractivity contribution in [2.75, 3.05) is 0 Å². The van der Waals surface area contributed by atoms with Crippen molar-refractivity contribution in [3.05, 3.63) is 110 Å². The molecule has 0 N–H and O–H groups in total. The van der Waals surface area contributed by atoms with Gasteiger partial charge in [0.1, 0.15) is 0 Å². The molecule has 0 bridgehead atoms. The van der Waals surface area contributed by atoms with E-state index in [4.69, 9.17) is 14.5 Å². The standard InChI is InChI=1S/C27H18N3O3/c1-7-19-10-4-16-28-25(19)22(13-1)31-29-17-5-11-20-8-2-14-23(26(20)29)33-30-18-6-12-21-9-3-15-24(32-28)27(21)30/h1-18H/q+3. The highest BCUT2D eigenvalue weighted by atomic mass is 16.7. The molecule has 0 saturated carbocycles. The molecule has 0 saturated heterocycles. The molecule has 6 nitrogen and oxygen atoms in total. The van der Waals surface area contributed by atoms with Crippen molar-refractivity contribution in [1.82, 2.24) is 0 Å². The molecule has 4 heterocycles. The third-order valence-corrected chi connectivity index (χ3v) is 5.83. The van der Waals surface area contributed by atoms with E-state index < -0.39 is 0 Å². The van der Waals surface area contributed by atoms with Crippen LogP contribution in [0.1, 0.15) is 0 Å². The van der Waals surface area contributed by atoms with E-state index in [2.05, 4.69) is 0 Å². The van der Waals surface area contributed by atoms with Crippen LogP contribution in [0.4, 0.5) is 0 Å². The lowest BCUT2D eigenvalue weighted by Gasteiger charge is -2.08. The van der Waals surface area contributed by atoms with Crippen LogP contribution in [0.3, 0.4) is 0 Å². The van der Waals surface area contributed by atoms with Gasteiger partial charge in [-0.1, -0.05) is 18.2 Å². The Balaban J connectivity index is 1.64. The minimum absolute atomic E-state index is 0.661. The van der Waals surface area contributed by atoms with Gasteiger partial charge in [0.25, 0.3) is 17.2 Å². The van der Waals surface area contributed by atoms with Crippen LogP contribution in [-0.4, -0.2) is 0 Å². The largest absolute Gasteiger partial charge is 0.314 e. The van der Waals surface area contributed by atoms with Gasteiger partial charge in [0.2, 0.25) is 18.6 Å². The minimum atomic E-state index is 0.661. The number of hydrogen-bond acceptors (Lipinski definition) is 3. The number of aromatic nitrogens is 3. The maximum atomic E-state index is 6.45. The van der Waals surface area contributed by atoms with E-state index in [1.807, 2.05) is 110 Å². The predicted octanol–water partition coefficient (Wildman–Crippen LogP) is 3.85. The van der Waals surface area contributed by atoms with E-state index in [0.717, 1.165) is 32.7 Å². The Morgan fingerprint density at radius 2 is 0.667 bits per heavy atom. The van der Waals surface area contributed by atoms with Gasteiger partial charge in [-0.05, 0) is 54.6 Å². The van der Waals surface area contributed by atoms with E-state index in [9.17, 15) is 0 Å². The number of para-hydroxylation sites is 3. The molecule has 1 aliphatic rings. The number of benzene rings is 3. The van der Waals surface area contributed by atoms with Gasteiger partial charge in [-0.25, -0.2) is 14.5 Å².